The van der Waals surface area contributed by atoms with Crippen LogP contribution < -0.4 is 0 Å². The summed E-state index contributed by atoms with van der Waals surface area (Å²) >= 11 is 0. The van der Waals surface area contributed by atoms with Crippen molar-refractivity contribution in [1.82, 2.24) is 4.90 Å². The lowest BCUT2D eigenvalue weighted by molar-refractivity contribution is -0.154. The van der Waals surface area contributed by atoms with Gasteiger partial charge in [-0.1, -0.05) is 6.92 Å². The van der Waals surface area contributed by atoms with Gasteiger partial charge in [0, 0.05) is 19.1 Å². The quantitative estimate of drug-likeness (QED) is 0.798. The standard InChI is InChI=1S/C12H23NO3/c1-8-6-13(7-12(4,5)16-8)10(3)9(2)11(14)15/h8-10H,6-7H2,1-5H3,(H,14,15). The first-order valence-corrected chi connectivity index (χ1v) is 5.87. The normalized spacial score (nSPS) is 29.7. The van der Waals surface area contributed by atoms with Crippen molar-refractivity contribution in [2.75, 3.05) is 13.1 Å². The summed E-state index contributed by atoms with van der Waals surface area (Å²) in [4.78, 5) is 13.2. The van der Waals surface area contributed by atoms with E-state index >= 15 is 0 Å². The fourth-order valence-electron chi connectivity index (χ4n) is 2.34. The Bertz CT molecular complexity index is 265. The molecule has 1 fully saturated rings. The Kier molecular flexibility index (Phi) is 3.97. The Morgan fingerprint density at radius 3 is 2.50 bits per heavy atom. The molecule has 0 aromatic rings. The molecule has 0 saturated carbocycles. The molecular formula is C12H23NO3. The van der Waals surface area contributed by atoms with Gasteiger partial charge < -0.3 is 9.84 Å². The minimum atomic E-state index is -0.732. The van der Waals surface area contributed by atoms with Crippen LogP contribution in [0.25, 0.3) is 0 Å². The molecule has 0 bridgehead atoms. The maximum atomic E-state index is 11.0. The highest BCUT2D eigenvalue weighted by molar-refractivity contribution is 5.70. The number of aliphatic carboxylic acids is 1. The first-order valence-electron chi connectivity index (χ1n) is 5.87. The Morgan fingerprint density at radius 1 is 1.50 bits per heavy atom. The van der Waals surface area contributed by atoms with Gasteiger partial charge >= 0.3 is 5.97 Å². The summed E-state index contributed by atoms with van der Waals surface area (Å²) in [6, 6.07) is 0.0446. The largest absolute Gasteiger partial charge is 0.481 e. The number of ether oxygens (including phenoxy) is 1. The average Bonchev–Trinajstić information content (AvgIpc) is 2.12. The van der Waals surface area contributed by atoms with E-state index in [9.17, 15) is 4.79 Å². The lowest BCUT2D eigenvalue weighted by atomic mass is 9.97. The third-order valence-electron chi connectivity index (χ3n) is 3.28. The van der Waals surface area contributed by atoms with Crippen LogP contribution in [0.1, 0.15) is 34.6 Å². The van der Waals surface area contributed by atoms with Crippen molar-refractivity contribution in [1.29, 1.82) is 0 Å². The van der Waals surface area contributed by atoms with Crippen molar-refractivity contribution in [2.24, 2.45) is 5.92 Å². The number of nitrogens with zero attached hydrogens (tertiary/aromatic N) is 1. The van der Waals surface area contributed by atoms with Crippen molar-refractivity contribution >= 4 is 5.97 Å². The topological polar surface area (TPSA) is 49.8 Å². The molecule has 94 valence electrons. The molecular weight excluding hydrogens is 206 g/mol. The van der Waals surface area contributed by atoms with Gasteiger partial charge in [0.2, 0.25) is 0 Å². The van der Waals surface area contributed by atoms with E-state index in [1.807, 2.05) is 27.7 Å². The zero-order chi connectivity index (χ0) is 12.5. The second-order valence-corrected chi connectivity index (χ2v) is 5.49. The predicted octanol–water partition coefficient (Wildman–Crippen LogP) is 1.59. The summed E-state index contributed by atoms with van der Waals surface area (Å²) in [6.45, 7) is 11.5. The Labute approximate surface area is 97.6 Å². The van der Waals surface area contributed by atoms with Crippen molar-refractivity contribution in [2.45, 2.75) is 52.4 Å². The van der Waals surface area contributed by atoms with Gasteiger partial charge in [-0.15, -0.1) is 0 Å². The van der Waals surface area contributed by atoms with Crippen LogP contribution in [-0.4, -0.2) is 46.8 Å². The van der Waals surface area contributed by atoms with E-state index in [-0.39, 0.29) is 23.7 Å². The first kappa shape index (κ1) is 13.5. The third kappa shape index (κ3) is 3.19. The number of carboxylic acids is 1. The molecule has 1 aliphatic heterocycles. The van der Waals surface area contributed by atoms with Gasteiger partial charge in [0.05, 0.1) is 17.6 Å². The average molecular weight is 229 g/mol. The lowest BCUT2D eigenvalue weighted by Gasteiger charge is -2.45. The van der Waals surface area contributed by atoms with E-state index in [0.29, 0.717) is 0 Å². The van der Waals surface area contributed by atoms with E-state index in [2.05, 4.69) is 4.90 Å². The maximum Gasteiger partial charge on any atom is 0.307 e. The Morgan fingerprint density at radius 2 is 2.06 bits per heavy atom. The zero-order valence-electron chi connectivity index (χ0n) is 10.9. The smallest absolute Gasteiger partial charge is 0.307 e. The molecule has 0 aliphatic carbocycles. The van der Waals surface area contributed by atoms with Crippen LogP contribution in [0.5, 0.6) is 0 Å². The van der Waals surface area contributed by atoms with Crippen molar-refractivity contribution in [3.05, 3.63) is 0 Å². The molecule has 1 saturated heterocycles. The number of morpholine rings is 1. The molecule has 1 N–H and O–H groups in total. The monoisotopic (exact) mass is 229 g/mol. The number of rotatable bonds is 3. The minimum Gasteiger partial charge on any atom is -0.481 e. The van der Waals surface area contributed by atoms with Crippen molar-refractivity contribution in [3.8, 4) is 0 Å². The summed E-state index contributed by atoms with van der Waals surface area (Å²) in [5, 5.41) is 9.02. The minimum absolute atomic E-state index is 0.0446. The second kappa shape index (κ2) is 4.72. The van der Waals surface area contributed by atoms with E-state index in [1.165, 1.54) is 0 Å². The molecule has 1 heterocycles. The Hall–Kier alpha value is -0.610. The highest BCUT2D eigenvalue weighted by Crippen LogP contribution is 2.24. The molecule has 0 spiro atoms. The fourth-order valence-corrected chi connectivity index (χ4v) is 2.34. The van der Waals surface area contributed by atoms with Crippen LogP contribution in [0.4, 0.5) is 0 Å². The zero-order valence-corrected chi connectivity index (χ0v) is 10.9. The lowest BCUT2D eigenvalue weighted by Crippen LogP contribution is -2.56. The molecule has 1 aliphatic rings. The number of carboxylic acid groups (broad SMARTS) is 1. The van der Waals surface area contributed by atoms with Crippen LogP contribution in [0.2, 0.25) is 0 Å². The molecule has 0 aromatic carbocycles. The van der Waals surface area contributed by atoms with Crippen molar-refractivity contribution < 1.29 is 14.6 Å². The maximum absolute atomic E-state index is 11.0. The molecule has 4 nitrogen and oxygen atoms in total. The highest BCUT2D eigenvalue weighted by atomic mass is 16.5. The molecule has 4 heteroatoms. The summed E-state index contributed by atoms with van der Waals surface area (Å²) < 4.78 is 5.81. The summed E-state index contributed by atoms with van der Waals surface area (Å²) in [5.41, 5.74) is -0.190. The van der Waals surface area contributed by atoms with Gasteiger partial charge in [0.15, 0.2) is 0 Å². The van der Waals surface area contributed by atoms with Crippen LogP contribution in [0.3, 0.4) is 0 Å². The van der Waals surface area contributed by atoms with E-state index in [4.69, 9.17) is 9.84 Å². The van der Waals surface area contributed by atoms with Crippen molar-refractivity contribution in [3.63, 3.8) is 0 Å². The van der Waals surface area contributed by atoms with Crippen LogP contribution in [0, 0.1) is 5.92 Å². The third-order valence-corrected chi connectivity index (χ3v) is 3.28. The Balaban J connectivity index is 2.69. The van der Waals surface area contributed by atoms with E-state index in [1.54, 1.807) is 6.92 Å². The summed E-state index contributed by atoms with van der Waals surface area (Å²) in [6.07, 6.45) is 0.159. The molecule has 1 rings (SSSR count). The SMILES string of the molecule is CC1CN(C(C)C(C)C(=O)O)CC(C)(C)O1. The molecule has 3 unspecified atom stereocenters. The fraction of sp³-hybridized carbons (Fsp3) is 0.917. The summed E-state index contributed by atoms with van der Waals surface area (Å²) in [7, 11) is 0. The van der Waals surface area contributed by atoms with E-state index in [0.717, 1.165) is 13.1 Å². The van der Waals surface area contributed by atoms with Gasteiger partial charge in [-0.2, -0.15) is 0 Å². The highest BCUT2D eigenvalue weighted by Gasteiger charge is 2.36. The number of hydrogen-bond donors (Lipinski definition) is 1. The van der Waals surface area contributed by atoms with Gasteiger partial charge in [0.1, 0.15) is 0 Å². The van der Waals surface area contributed by atoms with E-state index < -0.39 is 5.97 Å². The molecule has 16 heavy (non-hydrogen) atoms. The van der Waals surface area contributed by atoms with Crippen LogP contribution >= 0.6 is 0 Å². The second-order valence-electron chi connectivity index (χ2n) is 5.49. The molecule has 3 atom stereocenters. The first-order chi connectivity index (χ1) is 7.23. The number of carbonyl (C=O) groups is 1. The van der Waals surface area contributed by atoms with Crippen LogP contribution in [0.15, 0.2) is 0 Å². The predicted molar refractivity (Wildman–Crippen MR) is 62.5 cm³/mol. The van der Waals surface area contributed by atoms with Crippen LogP contribution in [-0.2, 0) is 9.53 Å². The molecule has 0 aromatic heterocycles. The van der Waals surface area contributed by atoms with Gasteiger partial charge in [-0.3, -0.25) is 9.69 Å². The van der Waals surface area contributed by atoms with Gasteiger partial charge in [-0.25, -0.2) is 0 Å². The number of hydrogen-bond acceptors (Lipinski definition) is 3. The van der Waals surface area contributed by atoms with Gasteiger partial charge in [-0.05, 0) is 27.7 Å². The molecule has 0 amide bonds. The molecule has 0 radical (unpaired) electrons. The van der Waals surface area contributed by atoms with Gasteiger partial charge in [0.25, 0.3) is 0 Å². The summed E-state index contributed by atoms with van der Waals surface area (Å²) in [5.74, 6) is -1.08.